The number of hydrogen-bond acceptors (Lipinski definition) is 2. The lowest BCUT2D eigenvalue weighted by Gasteiger charge is -2.11. The standard InChI is InChI=1S/C8H7Br2NO3/c1-4(8(13)14)11-3-5(9)2-6(10)7(11)12/h2-4H,1H3,(H,13,14). The summed E-state index contributed by atoms with van der Waals surface area (Å²) in [5.74, 6) is -1.04. The molecule has 1 unspecified atom stereocenters. The van der Waals surface area contributed by atoms with E-state index in [2.05, 4.69) is 31.9 Å². The maximum Gasteiger partial charge on any atom is 0.326 e. The second-order valence-electron chi connectivity index (χ2n) is 2.73. The molecule has 0 saturated carbocycles. The van der Waals surface area contributed by atoms with Gasteiger partial charge in [0, 0.05) is 10.7 Å². The Balaban J connectivity index is 3.34. The van der Waals surface area contributed by atoms with E-state index in [1.807, 2.05) is 0 Å². The van der Waals surface area contributed by atoms with Gasteiger partial charge in [-0.05, 0) is 44.8 Å². The first kappa shape index (κ1) is 11.5. The molecule has 4 nitrogen and oxygen atoms in total. The number of carboxylic acid groups (broad SMARTS) is 1. The predicted molar refractivity (Wildman–Crippen MR) is 58.4 cm³/mol. The molecule has 0 radical (unpaired) electrons. The van der Waals surface area contributed by atoms with Crippen LogP contribution in [0.2, 0.25) is 0 Å². The minimum atomic E-state index is -1.04. The normalized spacial score (nSPS) is 12.5. The van der Waals surface area contributed by atoms with Crippen LogP contribution in [0.3, 0.4) is 0 Å². The number of pyridine rings is 1. The first-order chi connectivity index (χ1) is 6.43. The Bertz CT molecular complexity index is 427. The van der Waals surface area contributed by atoms with Crippen molar-refractivity contribution in [2.45, 2.75) is 13.0 Å². The third-order valence-electron chi connectivity index (χ3n) is 1.74. The van der Waals surface area contributed by atoms with E-state index >= 15 is 0 Å². The molecule has 1 atom stereocenters. The van der Waals surface area contributed by atoms with Crippen molar-refractivity contribution in [1.82, 2.24) is 4.57 Å². The van der Waals surface area contributed by atoms with E-state index in [1.165, 1.54) is 13.1 Å². The SMILES string of the molecule is CC(C(=O)O)n1cc(Br)cc(Br)c1=O. The Hall–Kier alpha value is -0.620. The highest BCUT2D eigenvalue weighted by molar-refractivity contribution is 9.11. The number of carboxylic acids is 1. The van der Waals surface area contributed by atoms with Crippen molar-refractivity contribution in [3.63, 3.8) is 0 Å². The quantitative estimate of drug-likeness (QED) is 0.905. The average Bonchev–Trinajstić information content (AvgIpc) is 2.09. The number of aromatic nitrogens is 1. The predicted octanol–water partition coefficient (Wildman–Crippen LogP) is 2.02. The van der Waals surface area contributed by atoms with Crippen LogP contribution in [-0.4, -0.2) is 15.6 Å². The Labute approximate surface area is 96.8 Å². The molecule has 0 fully saturated rings. The molecule has 0 aliphatic rings. The number of aliphatic carboxylic acids is 1. The molecule has 1 rings (SSSR count). The summed E-state index contributed by atoms with van der Waals surface area (Å²) in [5.41, 5.74) is -0.358. The lowest BCUT2D eigenvalue weighted by atomic mass is 10.3. The highest BCUT2D eigenvalue weighted by Crippen LogP contribution is 2.15. The zero-order chi connectivity index (χ0) is 10.9. The zero-order valence-electron chi connectivity index (χ0n) is 7.20. The van der Waals surface area contributed by atoms with Crippen molar-refractivity contribution in [3.05, 3.63) is 31.6 Å². The van der Waals surface area contributed by atoms with Crippen molar-refractivity contribution in [2.24, 2.45) is 0 Å². The van der Waals surface area contributed by atoms with E-state index in [1.54, 1.807) is 6.07 Å². The smallest absolute Gasteiger partial charge is 0.326 e. The lowest BCUT2D eigenvalue weighted by Crippen LogP contribution is -2.27. The van der Waals surface area contributed by atoms with E-state index in [9.17, 15) is 9.59 Å². The zero-order valence-corrected chi connectivity index (χ0v) is 10.4. The maximum absolute atomic E-state index is 11.5. The molecule has 0 amide bonds. The molecule has 1 aromatic rings. The third-order valence-corrected chi connectivity index (χ3v) is 2.74. The van der Waals surface area contributed by atoms with Crippen LogP contribution in [0.25, 0.3) is 0 Å². The van der Waals surface area contributed by atoms with Crippen LogP contribution in [0.5, 0.6) is 0 Å². The summed E-state index contributed by atoms with van der Waals surface area (Å²) >= 11 is 6.24. The molecular formula is C8H7Br2NO3. The number of halogens is 2. The average molecular weight is 325 g/mol. The van der Waals surface area contributed by atoms with Gasteiger partial charge in [-0.25, -0.2) is 4.79 Å². The lowest BCUT2D eigenvalue weighted by molar-refractivity contribution is -0.140. The topological polar surface area (TPSA) is 59.3 Å². The molecule has 0 aliphatic heterocycles. The molecule has 14 heavy (non-hydrogen) atoms. The molecule has 76 valence electrons. The number of rotatable bonds is 2. The van der Waals surface area contributed by atoms with E-state index < -0.39 is 12.0 Å². The Morgan fingerprint density at radius 2 is 2.14 bits per heavy atom. The van der Waals surface area contributed by atoms with E-state index in [4.69, 9.17) is 5.11 Å². The molecule has 0 spiro atoms. The van der Waals surface area contributed by atoms with Crippen molar-refractivity contribution in [3.8, 4) is 0 Å². The van der Waals surface area contributed by atoms with Gasteiger partial charge < -0.3 is 5.11 Å². The van der Waals surface area contributed by atoms with E-state index in [0.717, 1.165) is 4.57 Å². The van der Waals surface area contributed by atoms with Crippen LogP contribution in [0, 0.1) is 0 Å². The van der Waals surface area contributed by atoms with Crippen LogP contribution in [-0.2, 0) is 4.79 Å². The largest absolute Gasteiger partial charge is 0.480 e. The number of hydrogen-bond donors (Lipinski definition) is 1. The van der Waals surface area contributed by atoms with Gasteiger partial charge in [0.25, 0.3) is 5.56 Å². The summed E-state index contributed by atoms with van der Waals surface area (Å²) in [6.07, 6.45) is 1.45. The molecule has 1 N–H and O–H groups in total. The Morgan fingerprint density at radius 3 is 2.64 bits per heavy atom. The fraction of sp³-hybridized carbons (Fsp3) is 0.250. The van der Waals surface area contributed by atoms with Gasteiger partial charge in [0.2, 0.25) is 0 Å². The number of nitrogens with zero attached hydrogens (tertiary/aromatic N) is 1. The highest BCUT2D eigenvalue weighted by Gasteiger charge is 2.15. The van der Waals surface area contributed by atoms with Gasteiger partial charge in [0.05, 0.1) is 4.47 Å². The summed E-state index contributed by atoms with van der Waals surface area (Å²) in [7, 11) is 0. The van der Waals surface area contributed by atoms with Crippen LogP contribution >= 0.6 is 31.9 Å². The first-order valence-electron chi connectivity index (χ1n) is 3.73. The minimum Gasteiger partial charge on any atom is -0.480 e. The second kappa shape index (κ2) is 4.27. The van der Waals surface area contributed by atoms with Gasteiger partial charge in [-0.2, -0.15) is 0 Å². The van der Waals surface area contributed by atoms with Gasteiger partial charge in [-0.1, -0.05) is 0 Å². The molecule has 6 heteroatoms. The van der Waals surface area contributed by atoms with Gasteiger partial charge in [-0.15, -0.1) is 0 Å². The first-order valence-corrected chi connectivity index (χ1v) is 5.32. The highest BCUT2D eigenvalue weighted by atomic mass is 79.9. The van der Waals surface area contributed by atoms with Crippen LogP contribution in [0.1, 0.15) is 13.0 Å². The summed E-state index contributed by atoms with van der Waals surface area (Å²) in [5, 5.41) is 8.75. The summed E-state index contributed by atoms with van der Waals surface area (Å²) in [6.45, 7) is 1.45. The fourth-order valence-electron chi connectivity index (χ4n) is 0.942. The summed E-state index contributed by atoms with van der Waals surface area (Å²) in [6, 6.07) is 0.698. The summed E-state index contributed by atoms with van der Waals surface area (Å²) < 4.78 is 2.13. The van der Waals surface area contributed by atoms with Crippen LogP contribution < -0.4 is 5.56 Å². The third kappa shape index (κ3) is 2.24. The molecule has 1 aromatic heterocycles. The van der Waals surface area contributed by atoms with Gasteiger partial charge in [0.1, 0.15) is 6.04 Å². The summed E-state index contributed by atoms with van der Waals surface area (Å²) in [4.78, 5) is 22.2. The second-order valence-corrected chi connectivity index (χ2v) is 4.50. The van der Waals surface area contributed by atoms with Crippen LogP contribution in [0.4, 0.5) is 0 Å². The van der Waals surface area contributed by atoms with Gasteiger partial charge in [-0.3, -0.25) is 9.36 Å². The van der Waals surface area contributed by atoms with Crippen molar-refractivity contribution in [2.75, 3.05) is 0 Å². The van der Waals surface area contributed by atoms with E-state index in [0.29, 0.717) is 8.95 Å². The molecule has 0 saturated heterocycles. The molecule has 0 aliphatic carbocycles. The molecule has 0 bridgehead atoms. The van der Waals surface area contributed by atoms with Crippen molar-refractivity contribution in [1.29, 1.82) is 0 Å². The monoisotopic (exact) mass is 323 g/mol. The Morgan fingerprint density at radius 1 is 1.57 bits per heavy atom. The maximum atomic E-state index is 11.5. The van der Waals surface area contributed by atoms with Gasteiger partial charge in [0.15, 0.2) is 0 Å². The fourth-order valence-corrected chi connectivity index (χ4v) is 2.15. The number of carbonyl (C=O) groups is 1. The minimum absolute atomic E-state index is 0.333. The molecular weight excluding hydrogens is 318 g/mol. The van der Waals surface area contributed by atoms with Crippen molar-refractivity contribution < 1.29 is 9.90 Å². The van der Waals surface area contributed by atoms with Crippen molar-refractivity contribution >= 4 is 37.8 Å². The molecule has 1 heterocycles. The van der Waals surface area contributed by atoms with Crippen LogP contribution in [0.15, 0.2) is 26.0 Å². The van der Waals surface area contributed by atoms with Gasteiger partial charge >= 0.3 is 5.97 Å². The molecule has 0 aromatic carbocycles. The van der Waals surface area contributed by atoms with E-state index in [-0.39, 0.29) is 5.56 Å². The Kier molecular flexibility index (Phi) is 3.49.